The molecule has 0 saturated carbocycles. The molecule has 0 bridgehead atoms. The summed E-state index contributed by atoms with van der Waals surface area (Å²) in [5.41, 5.74) is 2.84. The second-order valence-corrected chi connectivity index (χ2v) is 6.74. The lowest BCUT2D eigenvalue weighted by Gasteiger charge is -2.34. The Balaban J connectivity index is 2.40. The molecule has 1 aliphatic rings. The molecule has 0 atom stereocenters. The molecule has 0 unspecified atom stereocenters. The van der Waals surface area contributed by atoms with E-state index in [4.69, 9.17) is 4.98 Å². The fourth-order valence-electron chi connectivity index (χ4n) is 2.54. The standard InChI is InChI=1S/C15H28N4/c1-11(2)14-17-12-9-16-8-7-13(12)19(14)10-15(3,4)18(5)6/h11,16H,7-10H2,1-6H3. The molecule has 4 nitrogen and oxygen atoms in total. The predicted octanol–water partition coefficient (Wildman–Crippen LogP) is 1.99. The third-order valence-electron chi connectivity index (χ3n) is 4.29. The van der Waals surface area contributed by atoms with Crippen molar-refractivity contribution in [3.63, 3.8) is 0 Å². The lowest BCUT2D eigenvalue weighted by molar-refractivity contribution is 0.166. The van der Waals surface area contributed by atoms with Gasteiger partial charge in [-0.25, -0.2) is 4.98 Å². The van der Waals surface area contributed by atoms with Crippen LogP contribution in [0.1, 0.15) is 50.8 Å². The summed E-state index contributed by atoms with van der Waals surface area (Å²) in [6.07, 6.45) is 1.10. The van der Waals surface area contributed by atoms with E-state index in [9.17, 15) is 0 Å². The molecular formula is C15H28N4. The van der Waals surface area contributed by atoms with Crippen molar-refractivity contribution in [3.8, 4) is 0 Å². The van der Waals surface area contributed by atoms with Crippen molar-refractivity contribution in [2.45, 2.75) is 58.7 Å². The van der Waals surface area contributed by atoms with Crippen molar-refractivity contribution in [1.82, 2.24) is 19.8 Å². The molecule has 1 N–H and O–H groups in total. The molecule has 0 amide bonds. The van der Waals surface area contributed by atoms with Crippen LogP contribution in [0, 0.1) is 0 Å². The van der Waals surface area contributed by atoms with E-state index in [-0.39, 0.29) is 5.54 Å². The molecular weight excluding hydrogens is 236 g/mol. The van der Waals surface area contributed by atoms with Gasteiger partial charge in [0.2, 0.25) is 0 Å². The Morgan fingerprint density at radius 3 is 2.63 bits per heavy atom. The third kappa shape index (κ3) is 2.84. The van der Waals surface area contributed by atoms with E-state index in [1.807, 2.05) is 0 Å². The van der Waals surface area contributed by atoms with E-state index in [1.54, 1.807) is 0 Å². The number of nitrogens with zero attached hydrogens (tertiary/aromatic N) is 3. The highest BCUT2D eigenvalue weighted by Crippen LogP contribution is 2.25. The van der Waals surface area contributed by atoms with Crippen LogP contribution in [0.4, 0.5) is 0 Å². The van der Waals surface area contributed by atoms with E-state index in [0.29, 0.717) is 5.92 Å². The fourth-order valence-corrected chi connectivity index (χ4v) is 2.54. The smallest absolute Gasteiger partial charge is 0.111 e. The SMILES string of the molecule is CC(C)c1nc2c(n1CC(C)(C)N(C)C)CCNC2. The first-order valence-corrected chi connectivity index (χ1v) is 7.29. The molecule has 2 heterocycles. The summed E-state index contributed by atoms with van der Waals surface area (Å²) in [6, 6.07) is 0. The van der Waals surface area contributed by atoms with Crippen LogP contribution in [0.2, 0.25) is 0 Å². The third-order valence-corrected chi connectivity index (χ3v) is 4.29. The van der Waals surface area contributed by atoms with Gasteiger partial charge in [-0.2, -0.15) is 0 Å². The van der Waals surface area contributed by atoms with E-state index in [0.717, 1.165) is 26.1 Å². The first kappa shape index (κ1) is 14.5. The monoisotopic (exact) mass is 264 g/mol. The zero-order valence-electron chi connectivity index (χ0n) is 13.2. The van der Waals surface area contributed by atoms with Crippen molar-refractivity contribution < 1.29 is 0 Å². The average Bonchev–Trinajstić information content (AvgIpc) is 2.68. The molecule has 0 radical (unpaired) electrons. The van der Waals surface area contributed by atoms with Gasteiger partial charge in [-0.15, -0.1) is 0 Å². The molecule has 0 aromatic carbocycles. The highest BCUT2D eigenvalue weighted by atomic mass is 15.2. The molecule has 2 rings (SSSR count). The van der Waals surface area contributed by atoms with Crippen LogP contribution in [0.5, 0.6) is 0 Å². The lowest BCUT2D eigenvalue weighted by Crippen LogP contribution is -2.43. The maximum Gasteiger partial charge on any atom is 0.111 e. The van der Waals surface area contributed by atoms with Gasteiger partial charge in [-0.05, 0) is 27.9 Å². The zero-order valence-corrected chi connectivity index (χ0v) is 13.2. The van der Waals surface area contributed by atoms with Crippen molar-refractivity contribution in [2.24, 2.45) is 0 Å². The predicted molar refractivity (Wildman–Crippen MR) is 79.5 cm³/mol. The van der Waals surface area contributed by atoms with Crippen LogP contribution in [0.3, 0.4) is 0 Å². The summed E-state index contributed by atoms with van der Waals surface area (Å²) in [5.74, 6) is 1.71. The van der Waals surface area contributed by atoms with Gasteiger partial charge in [-0.3, -0.25) is 0 Å². The molecule has 19 heavy (non-hydrogen) atoms. The topological polar surface area (TPSA) is 33.1 Å². The summed E-state index contributed by atoms with van der Waals surface area (Å²) >= 11 is 0. The maximum atomic E-state index is 4.88. The molecule has 1 aromatic rings. The van der Waals surface area contributed by atoms with E-state index in [1.165, 1.54) is 17.2 Å². The number of hydrogen-bond donors (Lipinski definition) is 1. The Morgan fingerprint density at radius 2 is 2.05 bits per heavy atom. The van der Waals surface area contributed by atoms with Crippen LogP contribution in [0.15, 0.2) is 0 Å². The van der Waals surface area contributed by atoms with E-state index < -0.39 is 0 Å². The Bertz CT molecular complexity index is 443. The molecule has 0 saturated heterocycles. The molecule has 108 valence electrons. The number of nitrogens with one attached hydrogen (secondary N) is 1. The molecule has 1 aliphatic heterocycles. The Hall–Kier alpha value is -0.870. The number of likely N-dealkylation sites (N-methyl/N-ethyl adjacent to an activating group) is 1. The molecule has 0 spiro atoms. The second kappa shape index (κ2) is 5.25. The van der Waals surface area contributed by atoms with E-state index in [2.05, 4.69) is 56.6 Å². The number of fused-ring (bicyclic) bond motifs is 1. The van der Waals surface area contributed by atoms with Crippen molar-refractivity contribution in [1.29, 1.82) is 0 Å². The lowest BCUT2D eigenvalue weighted by atomic mass is 10.0. The fraction of sp³-hybridized carbons (Fsp3) is 0.800. The van der Waals surface area contributed by atoms with Gasteiger partial charge in [0.1, 0.15) is 5.82 Å². The van der Waals surface area contributed by atoms with Gasteiger partial charge >= 0.3 is 0 Å². The van der Waals surface area contributed by atoms with Crippen LogP contribution in [0.25, 0.3) is 0 Å². The summed E-state index contributed by atoms with van der Waals surface area (Å²) in [4.78, 5) is 7.17. The normalized spacial score (nSPS) is 16.2. The summed E-state index contributed by atoms with van der Waals surface area (Å²) in [7, 11) is 4.31. The number of aromatic nitrogens is 2. The Labute approximate surface area is 117 Å². The Morgan fingerprint density at radius 1 is 1.37 bits per heavy atom. The average molecular weight is 264 g/mol. The first-order valence-electron chi connectivity index (χ1n) is 7.29. The van der Waals surface area contributed by atoms with Crippen LogP contribution in [-0.4, -0.2) is 40.6 Å². The molecule has 1 aromatic heterocycles. The van der Waals surface area contributed by atoms with Gasteiger partial charge in [0.25, 0.3) is 0 Å². The minimum atomic E-state index is 0.142. The highest BCUT2D eigenvalue weighted by molar-refractivity contribution is 5.22. The van der Waals surface area contributed by atoms with Gasteiger partial charge < -0.3 is 14.8 Å². The van der Waals surface area contributed by atoms with Gasteiger partial charge in [0, 0.05) is 43.2 Å². The van der Waals surface area contributed by atoms with Crippen molar-refractivity contribution in [2.75, 3.05) is 20.6 Å². The van der Waals surface area contributed by atoms with Gasteiger partial charge in [-0.1, -0.05) is 13.8 Å². The van der Waals surface area contributed by atoms with Crippen LogP contribution >= 0.6 is 0 Å². The molecule has 0 aliphatic carbocycles. The van der Waals surface area contributed by atoms with Crippen LogP contribution in [-0.2, 0) is 19.5 Å². The molecule has 4 heteroatoms. The Kier molecular flexibility index (Phi) is 4.02. The minimum Gasteiger partial charge on any atom is -0.330 e. The maximum absolute atomic E-state index is 4.88. The number of hydrogen-bond acceptors (Lipinski definition) is 3. The largest absolute Gasteiger partial charge is 0.330 e. The van der Waals surface area contributed by atoms with Crippen molar-refractivity contribution in [3.05, 3.63) is 17.2 Å². The second-order valence-electron chi connectivity index (χ2n) is 6.74. The number of imidazole rings is 1. The van der Waals surface area contributed by atoms with Crippen molar-refractivity contribution >= 4 is 0 Å². The summed E-state index contributed by atoms with van der Waals surface area (Å²) < 4.78 is 2.47. The van der Waals surface area contributed by atoms with Crippen LogP contribution < -0.4 is 5.32 Å². The van der Waals surface area contributed by atoms with E-state index >= 15 is 0 Å². The van der Waals surface area contributed by atoms with Gasteiger partial charge in [0.15, 0.2) is 0 Å². The quantitative estimate of drug-likeness (QED) is 0.903. The summed E-state index contributed by atoms with van der Waals surface area (Å²) in [6.45, 7) is 12.1. The summed E-state index contributed by atoms with van der Waals surface area (Å²) in [5, 5.41) is 3.42. The van der Waals surface area contributed by atoms with Gasteiger partial charge in [0.05, 0.1) is 5.69 Å². The zero-order chi connectivity index (χ0) is 14.2. The highest BCUT2D eigenvalue weighted by Gasteiger charge is 2.27. The first-order chi connectivity index (χ1) is 8.83. The molecule has 0 fully saturated rings. The number of rotatable bonds is 4. The minimum absolute atomic E-state index is 0.142.